The van der Waals surface area contributed by atoms with E-state index in [4.69, 9.17) is 14.2 Å². The standard InChI is InChI=1S/C19H36O4/c1-5-8-9-10-17-16(15-18(20)21-4)11-12-19(17,22-13-6-2)23-14-7-3/h16-17H,5-15H2,1-4H3. The second kappa shape index (κ2) is 11.0. The van der Waals surface area contributed by atoms with E-state index in [0.717, 1.165) is 45.3 Å². The fourth-order valence-electron chi connectivity index (χ4n) is 3.69. The maximum absolute atomic E-state index is 11.8. The zero-order valence-electron chi connectivity index (χ0n) is 15.6. The lowest BCUT2D eigenvalue weighted by Crippen LogP contribution is -2.42. The zero-order valence-corrected chi connectivity index (χ0v) is 15.6. The molecule has 0 radical (unpaired) electrons. The predicted molar refractivity (Wildman–Crippen MR) is 92.2 cm³/mol. The monoisotopic (exact) mass is 328 g/mol. The lowest BCUT2D eigenvalue weighted by atomic mass is 9.85. The Hall–Kier alpha value is -0.610. The molecule has 1 saturated carbocycles. The van der Waals surface area contributed by atoms with Gasteiger partial charge in [-0.05, 0) is 31.6 Å². The van der Waals surface area contributed by atoms with Gasteiger partial charge in [-0.3, -0.25) is 4.79 Å². The van der Waals surface area contributed by atoms with Crippen LogP contribution in [0.1, 0.15) is 78.6 Å². The van der Waals surface area contributed by atoms with E-state index in [2.05, 4.69) is 20.8 Å². The summed E-state index contributed by atoms with van der Waals surface area (Å²) < 4.78 is 17.4. The third-order valence-electron chi connectivity index (χ3n) is 4.87. The van der Waals surface area contributed by atoms with Gasteiger partial charge in [-0.1, -0.05) is 40.0 Å². The Labute approximate surface area is 142 Å². The maximum atomic E-state index is 11.8. The minimum absolute atomic E-state index is 0.114. The molecule has 1 aliphatic carbocycles. The maximum Gasteiger partial charge on any atom is 0.305 e. The van der Waals surface area contributed by atoms with Gasteiger partial charge in [0, 0.05) is 32.0 Å². The van der Waals surface area contributed by atoms with Crippen LogP contribution in [0, 0.1) is 11.8 Å². The lowest BCUT2D eigenvalue weighted by molar-refractivity contribution is -0.261. The normalized spacial score (nSPS) is 23.1. The van der Waals surface area contributed by atoms with Crippen molar-refractivity contribution in [2.75, 3.05) is 20.3 Å². The van der Waals surface area contributed by atoms with Crippen LogP contribution < -0.4 is 0 Å². The summed E-state index contributed by atoms with van der Waals surface area (Å²) in [4.78, 5) is 11.8. The molecule has 0 N–H and O–H groups in total. The molecular formula is C19H36O4. The molecule has 4 heteroatoms. The predicted octanol–water partition coefficient (Wildman–Crippen LogP) is 4.71. The highest BCUT2D eigenvalue weighted by molar-refractivity contribution is 5.69. The Kier molecular flexibility index (Phi) is 9.80. The number of rotatable bonds is 12. The minimum atomic E-state index is -0.488. The summed E-state index contributed by atoms with van der Waals surface area (Å²) in [6, 6.07) is 0. The number of unbranched alkanes of at least 4 members (excludes halogenated alkanes) is 2. The van der Waals surface area contributed by atoms with Crippen molar-refractivity contribution in [3.63, 3.8) is 0 Å². The first-order valence-electron chi connectivity index (χ1n) is 9.48. The summed E-state index contributed by atoms with van der Waals surface area (Å²) >= 11 is 0. The largest absolute Gasteiger partial charge is 0.469 e. The summed E-state index contributed by atoms with van der Waals surface area (Å²) in [6.45, 7) is 7.91. The van der Waals surface area contributed by atoms with Gasteiger partial charge in [0.1, 0.15) is 0 Å². The molecule has 0 heterocycles. The van der Waals surface area contributed by atoms with Crippen molar-refractivity contribution in [2.45, 2.75) is 84.3 Å². The first-order chi connectivity index (χ1) is 11.1. The van der Waals surface area contributed by atoms with E-state index >= 15 is 0 Å². The fraction of sp³-hybridized carbons (Fsp3) is 0.947. The van der Waals surface area contributed by atoms with Crippen LogP contribution in [0.5, 0.6) is 0 Å². The van der Waals surface area contributed by atoms with E-state index in [1.165, 1.54) is 26.4 Å². The van der Waals surface area contributed by atoms with Crippen LogP contribution in [0.4, 0.5) is 0 Å². The molecule has 2 atom stereocenters. The van der Waals surface area contributed by atoms with E-state index < -0.39 is 5.79 Å². The van der Waals surface area contributed by atoms with E-state index in [9.17, 15) is 4.79 Å². The highest BCUT2D eigenvalue weighted by Gasteiger charge is 2.50. The molecule has 0 aliphatic heterocycles. The third-order valence-corrected chi connectivity index (χ3v) is 4.87. The molecule has 1 fully saturated rings. The van der Waals surface area contributed by atoms with Gasteiger partial charge >= 0.3 is 5.97 Å². The van der Waals surface area contributed by atoms with Crippen LogP contribution in [-0.2, 0) is 19.0 Å². The number of ether oxygens (including phenoxy) is 3. The van der Waals surface area contributed by atoms with Crippen molar-refractivity contribution >= 4 is 5.97 Å². The number of hydrogen-bond acceptors (Lipinski definition) is 4. The first-order valence-corrected chi connectivity index (χ1v) is 9.48. The Morgan fingerprint density at radius 1 is 1.04 bits per heavy atom. The molecule has 1 aliphatic rings. The van der Waals surface area contributed by atoms with Gasteiger partial charge in [-0.25, -0.2) is 0 Å². The van der Waals surface area contributed by atoms with Crippen LogP contribution in [0.3, 0.4) is 0 Å². The van der Waals surface area contributed by atoms with E-state index in [1.54, 1.807) is 0 Å². The van der Waals surface area contributed by atoms with Gasteiger partial charge in [0.05, 0.1) is 7.11 Å². The molecule has 0 aromatic heterocycles. The topological polar surface area (TPSA) is 44.8 Å². The zero-order chi connectivity index (χ0) is 17.1. The number of carbonyl (C=O) groups is 1. The summed E-state index contributed by atoms with van der Waals surface area (Å²) in [5, 5.41) is 0. The molecule has 136 valence electrons. The molecule has 0 amide bonds. The van der Waals surface area contributed by atoms with Gasteiger partial charge in [0.25, 0.3) is 0 Å². The van der Waals surface area contributed by atoms with Gasteiger partial charge in [-0.15, -0.1) is 0 Å². The van der Waals surface area contributed by atoms with E-state index in [0.29, 0.717) is 18.3 Å². The highest BCUT2D eigenvalue weighted by Crippen LogP contribution is 2.48. The average Bonchev–Trinajstić information content (AvgIpc) is 2.89. The summed E-state index contributed by atoms with van der Waals surface area (Å²) in [5.41, 5.74) is 0. The van der Waals surface area contributed by atoms with Crippen molar-refractivity contribution in [2.24, 2.45) is 11.8 Å². The molecule has 23 heavy (non-hydrogen) atoms. The SMILES string of the molecule is CCCCCC1C(CC(=O)OC)CCC1(OCCC)OCCC. The molecule has 0 spiro atoms. The second-order valence-corrected chi connectivity index (χ2v) is 6.69. The molecule has 0 aromatic carbocycles. The van der Waals surface area contributed by atoms with Crippen molar-refractivity contribution < 1.29 is 19.0 Å². The van der Waals surface area contributed by atoms with Crippen LogP contribution in [0.2, 0.25) is 0 Å². The summed E-state index contributed by atoms with van der Waals surface area (Å²) in [6.07, 6.45) is 9.01. The van der Waals surface area contributed by atoms with Gasteiger partial charge < -0.3 is 14.2 Å². The van der Waals surface area contributed by atoms with Crippen LogP contribution >= 0.6 is 0 Å². The fourth-order valence-corrected chi connectivity index (χ4v) is 3.69. The smallest absolute Gasteiger partial charge is 0.305 e. The van der Waals surface area contributed by atoms with Gasteiger partial charge in [0.15, 0.2) is 5.79 Å². The first kappa shape index (κ1) is 20.4. The van der Waals surface area contributed by atoms with Crippen molar-refractivity contribution in [1.29, 1.82) is 0 Å². The van der Waals surface area contributed by atoms with Crippen molar-refractivity contribution in [3.05, 3.63) is 0 Å². The number of carbonyl (C=O) groups excluding carboxylic acids is 1. The van der Waals surface area contributed by atoms with Crippen molar-refractivity contribution in [3.8, 4) is 0 Å². The molecule has 2 unspecified atom stereocenters. The molecule has 1 rings (SSSR count). The molecule has 0 bridgehead atoms. The van der Waals surface area contributed by atoms with Gasteiger partial charge in [-0.2, -0.15) is 0 Å². The van der Waals surface area contributed by atoms with Gasteiger partial charge in [0.2, 0.25) is 0 Å². The minimum Gasteiger partial charge on any atom is -0.469 e. The second-order valence-electron chi connectivity index (χ2n) is 6.69. The van der Waals surface area contributed by atoms with Crippen LogP contribution in [0.15, 0.2) is 0 Å². The van der Waals surface area contributed by atoms with Crippen molar-refractivity contribution in [1.82, 2.24) is 0 Å². The van der Waals surface area contributed by atoms with E-state index in [-0.39, 0.29) is 5.97 Å². The average molecular weight is 328 g/mol. The summed E-state index contributed by atoms with van der Waals surface area (Å²) in [5.74, 6) is 0.00915. The Balaban J connectivity index is 2.85. The molecule has 4 nitrogen and oxygen atoms in total. The third kappa shape index (κ3) is 6.07. The number of hydrogen-bond donors (Lipinski definition) is 0. The Morgan fingerprint density at radius 2 is 1.70 bits per heavy atom. The molecule has 0 aromatic rings. The Bertz CT molecular complexity index is 321. The van der Waals surface area contributed by atoms with E-state index in [1.807, 2.05) is 0 Å². The molecule has 0 saturated heterocycles. The number of esters is 1. The number of methoxy groups -OCH3 is 1. The lowest BCUT2D eigenvalue weighted by Gasteiger charge is -2.37. The highest BCUT2D eigenvalue weighted by atomic mass is 16.7. The quantitative estimate of drug-likeness (QED) is 0.296. The molecular weight excluding hydrogens is 292 g/mol. The van der Waals surface area contributed by atoms with Crippen LogP contribution in [0.25, 0.3) is 0 Å². The van der Waals surface area contributed by atoms with Crippen LogP contribution in [-0.4, -0.2) is 32.1 Å². The Morgan fingerprint density at radius 3 is 2.22 bits per heavy atom. The summed E-state index contributed by atoms with van der Waals surface area (Å²) in [7, 11) is 1.47.